The average Bonchev–Trinajstić information content (AvgIpc) is 2.79. The van der Waals surface area contributed by atoms with Gasteiger partial charge in [0.2, 0.25) is 0 Å². The first-order valence-electron chi connectivity index (χ1n) is 5.61. The van der Waals surface area contributed by atoms with Crippen LogP contribution in [0.3, 0.4) is 0 Å². The van der Waals surface area contributed by atoms with Crippen LogP contribution in [0, 0.1) is 5.82 Å². The van der Waals surface area contributed by atoms with Crippen LogP contribution in [0.5, 0.6) is 0 Å². The topological polar surface area (TPSA) is 83.2 Å². The van der Waals surface area contributed by atoms with Gasteiger partial charge in [-0.15, -0.1) is 0 Å². The number of amides is 2. The number of halogens is 1. The number of nitrogens with one attached hydrogen (secondary N) is 3. The van der Waals surface area contributed by atoms with Crippen molar-refractivity contribution in [3.05, 3.63) is 35.8 Å². The molecule has 3 N–H and O–H groups in total. The molecule has 6 nitrogen and oxygen atoms in total. The Hall–Kier alpha value is -2.57. The van der Waals surface area contributed by atoms with Gasteiger partial charge in [-0.05, 0) is 31.2 Å². The molecule has 1 aromatic carbocycles. The number of carbonyl (C=O) groups excluding carboxylic acids is 2. The summed E-state index contributed by atoms with van der Waals surface area (Å²) >= 11 is 0. The number of hydrogen-bond donors (Lipinski definition) is 3. The maximum atomic E-state index is 13.0. The zero-order valence-corrected chi connectivity index (χ0v) is 10.1. The predicted octanol–water partition coefficient (Wildman–Crippen LogP) is 1.70. The minimum absolute atomic E-state index is 0.202. The summed E-state index contributed by atoms with van der Waals surface area (Å²) in [7, 11) is 0. The summed E-state index contributed by atoms with van der Waals surface area (Å²) in [5.74, 6) is -0.937. The Morgan fingerprint density at radius 1 is 1.32 bits per heavy atom. The lowest BCUT2D eigenvalue weighted by Crippen LogP contribution is -2.42. The Labute approximate surface area is 107 Å². The molecule has 0 bridgehead atoms. The second kappa shape index (κ2) is 5.38. The van der Waals surface area contributed by atoms with Crippen LogP contribution in [-0.2, 0) is 4.74 Å². The van der Waals surface area contributed by atoms with E-state index in [1.807, 2.05) is 0 Å². The zero-order chi connectivity index (χ0) is 13.8. The summed E-state index contributed by atoms with van der Waals surface area (Å²) in [6.07, 6.45) is -0.752. The van der Waals surface area contributed by atoms with Crippen LogP contribution in [-0.4, -0.2) is 23.6 Å². The van der Waals surface area contributed by atoms with Crippen LogP contribution in [0.2, 0.25) is 0 Å². The molecular weight excluding hydrogens is 253 g/mol. The quantitative estimate of drug-likeness (QED) is 0.723. The van der Waals surface area contributed by atoms with E-state index in [9.17, 15) is 14.0 Å². The summed E-state index contributed by atoms with van der Waals surface area (Å²) in [5.41, 5.74) is 5.09. The number of benzene rings is 1. The highest BCUT2D eigenvalue weighted by atomic mass is 19.1. The van der Waals surface area contributed by atoms with Gasteiger partial charge in [-0.2, -0.15) is 0 Å². The number of hydrogen-bond acceptors (Lipinski definition) is 3. The summed E-state index contributed by atoms with van der Waals surface area (Å²) in [4.78, 5) is 25.5. The first-order valence-corrected chi connectivity index (χ1v) is 5.61. The molecule has 0 unspecified atom stereocenters. The fraction of sp³-hybridized carbons (Fsp3) is 0.167. The Kier molecular flexibility index (Phi) is 3.65. The van der Waals surface area contributed by atoms with Crippen molar-refractivity contribution in [2.24, 2.45) is 0 Å². The van der Waals surface area contributed by atoms with Crippen LogP contribution >= 0.6 is 0 Å². The van der Waals surface area contributed by atoms with Crippen molar-refractivity contribution >= 4 is 22.9 Å². The third kappa shape index (κ3) is 3.01. The maximum Gasteiger partial charge on any atom is 0.426 e. The highest BCUT2D eigenvalue weighted by molar-refractivity contribution is 5.98. The number of aromatic nitrogens is 1. The van der Waals surface area contributed by atoms with Gasteiger partial charge in [0, 0.05) is 10.9 Å². The fourth-order valence-corrected chi connectivity index (χ4v) is 1.57. The Morgan fingerprint density at radius 2 is 2.11 bits per heavy atom. The SMILES string of the molecule is CCOC(=O)NNC(=O)c1cc2cc(F)ccc2[nH]1. The largest absolute Gasteiger partial charge is 0.449 e. The summed E-state index contributed by atoms with van der Waals surface area (Å²) in [6.45, 7) is 1.85. The van der Waals surface area contributed by atoms with E-state index in [4.69, 9.17) is 0 Å². The number of fused-ring (bicyclic) bond motifs is 1. The number of aromatic amines is 1. The van der Waals surface area contributed by atoms with Crippen molar-refractivity contribution in [1.29, 1.82) is 0 Å². The van der Waals surface area contributed by atoms with Crippen molar-refractivity contribution in [3.8, 4) is 0 Å². The van der Waals surface area contributed by atoms with E-state index in [0.29, 0.717) is 10.9 Å². The van der Waals surface area contributed by atoms with Crippen LogP contribution in [0.4, 0.5) is 9.18 Å². The van der Waals surface area contributed by atoms with Crippen molar-refractivity contribution in [3.63, 3.8) is 0 Å². The number of carbonyl (C=O) groups is 2. The average molecular weight is 265 g/mol. The molecule has 2 amide bonds. The number of rotatable bonds is 2. The molecule has 2 rings (SSSR count). The van der Waals surface area contributed by atoms with Crippen LogP contribution in [0.15, 0.2) is 24.3 Å². The molecule has 0 aliphatic carbocycles. The number of ether oxygens (including phenoxy) is 1. The lowest BCUT2D eigenvalue weighted by atomic mass is 10.2. The highest BCUT2D eigenvalue weighted by Gasteiger charge is 2.11. The van der Waals surface area contributed by atoms with Gasteiger partial charge >= 0.3 is 6.09 Å². The van der Waals surface area contributed by atoms with Gasteiger partial charge in [-0.25, -0.2) is 14.6 Å². The molecular formula is C12H12FN3O3. The molecule has 1 heterocycles. The van der Waals surface area contributed by atoms with Gasteiger partial charge < -0.3 is 9.72 Å². The summed E-state index contributed by atoms with van der Waals surface area (Å²) < 4.78 is 17.6. The van der Waals surface area contributed by atoms with Crippen molar-refractivity contribution < 1.29 is 18.7 Å². The standard InChI is InChI=1S/C12H12FN3O3/c1-2-19-12(18)16-15-11(17)10-6-7-5-8(13)3-4-9(7)14-10/h3-6,14H,2H2,1H3,(H,15,17)(H,16,18). The van der Waals surface area contributed by atoms with E-state index in [0.717, 1.165) is 0 Å². The van der Waals surface area contributed by atoms with E-state index in [1.54, 1.807) is 6.92 Å². The Balaban J connectivity index is 2.07. The van der Waals surface area contributed by atoms with Crippen LogP contribution in [0.25, 0.3) is 10.9 Å². The van der Waals surface area contributed by atoms with Crippen LogP contribution in [0.1, 0.15) is 17.4 Å². The lowest BCUT2D eigenvalue weighted by molar-refractivity contribution is 0.0908. The smallest absolute Gasteiger partial charge is 0.426 e. The van der Waals surface area contributed by atoms with Crippen molar-refractivity contribution in [1.82, 2.24) is 15.8 Å². The summed E-state index contributed by atoms with van der Waals surface area (Å²) in [5, 5.41) is 0.571. The second-order valence-electron chi connectivity index (χ2n) is 3.71. The Morgan fingerprint density at radius 3 is 2.84 bits per heavy atom. The molecule has 1 aromatic heterocycles. The summed E-state index contributed by atoms with van der Waals surface area (Å²) in [6, 6.07) is 5.61. The minimum atomic E-state index is -0.752. The highest BCUT2D eigenvalue weighted by Crippen LogP contribution is 2.16. The zero-order valence-electron chi connectivity index (χ0n) is 10.1. The molecule has 0 saturated heterocycles. The number of hydrazine groups is 1. The molecule has 0 atom stereocenters. The van der Waals surface area contributed by atoms with Gasteiger partial charge in [-0.3, -0.25) is 10.2 Å². The number of H-pyrrole nitrogens is 1. The normalized spacial score (nSPS) is 10.2. The first kappa shape index (κ1) is 12.9. The maximum absolute atomic E-state index is 13.0. The molecule has 0 aliphatic heterocycles. The fourth-order valence-electron chi connectivity index (χ4n) is 1.57. The third-order valence-corrected chi connectivity index (χ3v) is 2.38. The Bertz CT molecular complexity index is 624. The van der Waals surface area contributed by atoms with Gasteiger partial charge in [-0.1, -0.05) is 0 Å². The van der Waals surface area contributed by atoms with Gasteiger partial charge in [0.05, 0.1) is 6.61 Å². The van der Waals surface area contributed by atoms with Crippen molar-refractivity contribution in [2.75, 3.05) is 6.61 Å². The van der Waals surface area contributed by atoms with Gasteiger partial charge in [0.15, 0.2) is 0 Å². The van der Waals surface area contributed by atoms with E-state index in [-0.39, 0.29) is 18.1 Å². The molecule has 0 fully saturated rings. The lowest BCUT2D eigenvalue weighted by Gasteiger charge is -2.05. The molecule has 0 spiro atoms. The molecule has 2 aromatic rings. The van der Waals surface area contributed by atoms with Crippen LogP contribution < -0.4 is 10.9 Å². The van der Waals surface area contributed by atoms with E-state index >= 15 is 0 Å². The van der Waals surface area contributed by atoms with Crippen molar-refractivity contribution in [2.45, 2.75) is 6.92 Å². The minimum Gasteiger partial charge on any atom is -0.449 e. The molecule has 0 radical (unpaired) electrons. The van der Waals surface area contributed by atoms with Gasteiger partial charge in [0.25, 0.3) is 5.91 Å². The first-order chi connectivity index (χ1) is 9.10. The molecule has 7 heteroatoms. The van der Waals surface area contributed by atoms with E-state index in [2.05, 4.69) is 20.6 Å². The van der Waals surface area contributed by atoms with E-state index < -0.39 is 12.0 Å². The molecule has 0 aliphatic rings. The third-order valence-electron chi connectivity index (χ3n) is 2.38. The predicted molar refractivity (Wildman–Crippen MR) is 65.9 cm³/mol. The molecule has 100 valence electrons. The second-order valence-corrected chi connectivity index (χ2v) is 3.71. The monoisotopic (exact) mass is 265 g/mol. The van der Waals surface area contributed by atoms with E-state index in [1.165, 1.54) is 24.3 Å². The molecule has 19 heavy (non-hydrogen) atoms. The molecule has 0 saturated carbocycles. The van der Waals surface area contributed by atoms with Gasteiger partial charge in [0.1, 0.15) is 11.5 Å².